The predicted molar refractivity (Wildman–Crippen MR) is 41.7 cm³/mol. The predicted octanol–water partition coefficient (Wildman–Crippen LogP) is 1.01. The number of rotatable bonds is 2. The second-order valence-corrected chi connectivity index (χ2v) is 3.45. The highest BCUT2D eigenvalue weighted by Gasteiger charge is 2.24. The van der Waals surface area contributed by atoms with Gasteiger partial charge in [0.2, 0.25) is 0 Å². The monoisotopic (exact) mass is 143 g/mol. The number of nitrogens with two attached hydrogens (primary N) is 1. The molecule has 1 fully saturated rings. The Bertz CT molecular complexity index is 97.4. The zero-order valence-corrected chi connectivity index (χ0v) is 6.84. The van der Waals surface area contributed by atoms with Gasteiger partial charge in [0.05, 0.1) is 6.61 Å². The van der Waals surface area contributed by atoms with Crippen molar-refractivity contribution in [2.24, 2.45) is 17.6 Å². The Balaban J connectivity index is 2.32. The molecule has 0 aliphatic carbocycles. The van der Waals surface area contributed by atoms with E-state index in [-0.39, 0.29) is 0 Å². The quantitative estimate of drug-likeness (QED) is 0.626. The standard InChI is InChI=1S/C8H17NO/c1-6(2)8(9)7-3-4-10-5-7/h6-8H,3-5,9H2,1-2H3. The molecule has 2 unspecified atom stereocenters. The average molecular weight is 143 g/mol. The summed E-state index contributed by atoms with van der Waals surface area (Å²) in [6.45, 7) is 6.12. The fourth-order valence-corrected chi connectivity index (χ4v) is 1.40. The van der Waals surface area contributed by atoms with Crippen LogP contribution in [0.4, 0.5) is 0 Å². The van der Waals surface area contributed by atoms with Crippen molar-refractivity contribution in [3.8, 4) is 0 Å². The largest absolute Gasteiger partial charge is 0.381 e. The van der Waals surface area contributed by atoms with Crippen LogP contribution in [0.3, 0.4) is 0 Å². The van der Waals surface area contributed by atoms with E-state index in [4.69, 9.17) is 10.5 Å². The number of hydrogen-bond acceptors (Lipinski definition) is 2. The maximum absolute atomic E-state index is 5.94. The van der Waals surface area contributed by atoms with Gasteiger partial charge in [0.15, 0.2) is 0 Å². The van der Waals surface area contributed by atoms with Crippen LogP contribution in [0.5, 0.6) is 0 Å². The second-order valence-electron chi connectivity index (χ2n) is 3.45. The summed E-state index contributed by atoms with van der Waals surface area (Å²) < 4.78 is 5.25. The van der Waals surface area contributed by atoms with Gasteiger partial charge in [-0.25, -0.2) is 0 Å². The Labute approximate surface area is 62.7 Å². The van der Waals surface area contributed by atoms with E-state index in [1.165, 1.54) is 0 Å². The highest BCUT2D eigenvalue weighted by Crippen LogP contribution is 2.19. The van der Waals surface area contributed by atoms with Gasteiger partial charge in [0, 0.05) is 12.6 Å². The first-order valence-corrected chi connectivity index (χ1v) is 4.05. The highest BCUT2D eigenvalue weighted by atomic mass is 16.5. The lowest BCUT2D eigenvalue weighted by Crippen LogP contribution is -2.35. The van der Waals surface area contributed by atoms with E-state index in [9.17, 15) is 0 Å². The zero-order valence-electron chi connectivity index (χ0n) is 6.84. The lowest BCUT2D eigenvalue weighted by atomic mass is 9.91. The molecule has 1 aliphatic heterocycles. The summed E-state index contributed by atoms with van der Waals surface area (Å²) in [6, 6.07) is 0.336. The summed E-state index contributed by atoms with van der Waals surface area (Å²) in [6.07, 6.45) is 1.15. The minimum absolute atomic E-state index is 0.336. The Morgan fingerprint density at radius 2 is 2.20 bits per heavy atom. The maximum atomic E-state index is 5.94. The van der Waals surface area contributed by atoms with Crippen LogP contribution in [0, 0.1) is 11.8 Å². The molecule has 0 amide bonds. The molecular weight excluding hydrogens is 126 g/mol. The molecule has 2 N–H and O–H groups in total. The fraction of sp³-hybridized carbons (Fsp3) is 1.00. The van der Waals surface area contributed by atoms with Crippen LogP contribution in [0.15, 0.2) is 0 Å². The molecular formula is C8H17NO. The summed E-state index contributed by atoms with van der Waals surface area (Å²) in [7, 11) is 0. The zero-order chi connectivity index (χ0) is 7.56. The Morgan fingerprint density at radius 1 is 1.50 bits per heavy atom. The minimum Gasteiger partial charge on any atom is -0.381 e. The lowest BCUT2D eigenvalue weighted by molar-refractivity contribution is 0.175. The molecule has 1 saturated heterocycles. The van der Waals surface area contributed by atoms with Crippen LogP contribution >= 0.6 is 0 Å². The molecule has 0 spiro atoms. The van der Waals surface area contributed by atoms with Crippen LogP contribution in [0.25, 0.3) is 0 Å². The minimum atomic E-state index is 0.336. The van der Waals surface area contributed by atoms with Crippen LogP contribution in [0.2, 0.25) is 0 Å². The molecule has 2 nitrogen and oxygen atoms in total. The Kier molecular flexibility index (Phi) is 2.69. The van der Waals surface area contributed by atoms with Gasteiger partial charge in [-0.1, -0.05) is 13.8 Å². The second kappa shape index (κ2) is 3.35. The first kappa shape index (κ1) is 8.02. The molecule has 1 rings (SSSR count). The Hall–Kier alpha value is -0.0800. The summed E-state index contributed by atoms with van der Waals surface area (Å²) >= 11 is 0. The normalized spacial score (nSPS) is 29.4. The van der Waals surface area contributed by atoms with Crippen LogP contribution in [0.1, 0.15) is 20.3 Å². The van der Waals surface area contributed by atoms with E-state index in [2.05, 4.69) is 13.8 Å². The molecule has 10 heavy (non-hydrogen) atoms. The SMILES string of the molecule is CC(C)C(N)C1CCOC1. The van der Waals surface area contributed by atoms with Crippen molar-refractivity contribution < 1.29 is 4.74 Å². The fourth-order valence-electron chi connectivity index (χ4n) is 1.40. The van der Waals surface area contributed by atoms with E-state index in [1.807, 2.05) is 0 Å². The average Bonchev–Trinajstić information content (AvgIpc) is 2.36. The first-order valence-electron chi connectivity index (χ1n) is 4.05. The van der Waals surface area contributed by atoms with Crippen LogP contribution in [-0.4, -0.2) is 19.3 Å². The third-order valence-corrected chi connectivity index (χ3v) is 2.28. The molecule has 0 radical (unpaired) electrons. The van der Waals surface area contributed by atoms with E-state index in [0.717, 1.165) is 19.6 Å². The van der Waals surface area contributed by atoms with Crippen molar-refractivity contribution in [3.63, 3.8) is 0 Å². The molecule has 2 atom stereocenters. The van der Waals surface area contributed by atoms with Gasteiger partial charge >= 0.3 is 0 Å². The molecule has 0 bridgehead atoms. The van der Waals surface area contributed by atoms with Crippen molar-refractivity contribution in [3.05, 3.63) is 0 Å². The molecule has 1 aliphatic rings. The summed E-state index contributed by atoms with van der Waals surface area (Å²) in [5.74, 6) is 1.20. The number of ether oxygens (including phenoxy) is 1. The molecule has 1 heterocycles. The van der Waals surface area contributed by atoms with E-state index < -0.39 is 0 Å². The van der Waals surface area contributed by atoms with Crippen molar-refractivity contribution in [1.82, 2.24) is 0 Å². The van der Waals surface area contributed by atoms with Crippen LogP contribution < -0.4 is 5.73 Å². The maximum Gasteiger partial charge on any atom is 0.0510 e. The van der Waals surface area contributed by atoms with E-state index in [0.29, 0.717) is 17.9 Å². The van der Waals surface area contributed by atoms with Gasteiger partial charge in [-0.3, -0.25) is 0 Å². The molecule has 60 valence electrons. The lowest BCUT2D eigenvalue weighted by Gasteiger charge is -2.20. The van der Waals surface area contributed by atoms with Gasteiger partial charge in [0.1, 0.15) is 0 Å². The van der Waals surface area contributed by atoms with Gasteiger partial charge in [0.25, 0.3) is 0 Å². The van der Waals surface area contributed by atoms with E-state index >= 15 is 0 Å². The van der Waals surface area contributed by atoms with Crippen molar-refractivity contribution >= 4 is 0 Å². The van der Waals surface area contributed by atoms with Crippen molar-refractivity contribution in [2.75, 3.05) is 13.2 Å². The van der Waals surface area contributed by atoms with Gasteiger partial charge in [-0.2, -0.15) is 0 Å². The third kappa shape index (κ3) is 1.70. The summed E-state index contributed by atoms with van der Waals surface area (Å²) in [4.78, 5) is 0. The summed E-state index contributed by atoms with van der Waals surface area (Å²) in [5.41, 5.74) is 5.94. The number of hydrogen-bond donors (Lipinski definition) is 1. The van der Waals surface area contributed by atoms with Crippen molar-refractivity contribution in [1.29, 1.82) is 0 Å². The molecule has 0 aromatic heterocycles. The third-order valence-electron chi connectivity index (χ3n) is 2.28. The van der Waals surface area contributed by atoms with Gasteiger partial charge in [-0.05, 0) is 18.3 Å². The van der Waals surface area contributed by atoms with Crippen LogP contribution in [-0.2, 0) is 4.74 Å². The molecule has 0 aromatic rings. The molecule has 0 aromatic carbocycles. The van der Waals surface area contributed by atoms with Crippen molar-refractivity contribution in [2.45, 2.75) is 26.3 Å². The topological polar surface area (TPSA) is 35.2 Å². The Morgan fingerprint density at radius 3 is 2.60 bits per heavy atom. The highest BCUT2D eigenvalue weighted by molar-refractivity contribution is 4.78. The van der Waals surface area contributed by atoms with E-state index in [1.54, 1.807) is 0 Å². The first-order chi connectivity index (χ1) is 4.72. The smallest absolute Gasteiger partial charge is 0.0510 e. The van der Waals surface area contributed by atoms with Gasteiger partial charge in [-0.15, -0.1) is 0 Å². The van der Waals surface area contributed by atoms with Gasteiger partial charge < -0.3 is 10.5 Å². The molecule has 0 saturated carbocycles. The molecule has 2 heteroatoms. The summed E-state index contributed by atoms with van der Waals surface area (Å²) in [5, 5.41) is 0.